The van der Waals surface area contributed by atoms with Gasteiger partial charge in [-0.2, -0.15) is 0 Å². The molecule has 2 aromatic rings. The summed E-state index contributed by atoms with van der Waals surface area (Å²) in [5, 5.41) is 18.9. The summed E-state index contributed by atoms with van der Waals surface area (Å²) in [6, 6.07) is 7.12. The molecule has 15 heteroatoms. The number of fused-ring (bicyclic) bond motifs is 1. The first kappa shape index (κ1) is 26.6. The van der Waals surface area contributed by atoms with E-state index in [1.165, 1.54) is 6.20 Å². The number of aromatic nitrogens is 1. The van der Waals surface area contributed by atoms with Crippen LogP contribution in [0.2, 0.25) is 5.02 Å². The number of hydrogen-bond acceptors (Lipinski definition) is 12. The van der Waals surface area contributed by atoms with E-state index in [9.17, 15) is 29.8 Å². The van der Waals surface area contributed by atoms with E-state index in [4.69, 9.17) is 25.8 Å². The highest BCUT2D eigenvalue weighted by Gasteiger charge is 2.34. The zero-order valence-electron chi connectivity index (χ0n) is 18.7. The topological polar surface area (TPSA) is 179 Å². The van der Waals surface area contributed by atoms with E-state index in [0.29, 0.717) is 10.6 Å². The summed E-state index contributed by atoms with van der Waals surface area (Å²) < 4.78 is 16.2. The molecule has 2 heterocycles. The van der Waals surface area contributed by atoms with Crippen molar-refractivity contribution < 1.29 is 43.6 Å². The van der Waals surface area contributed by atoms with Gasteiger partial charge in [-0.1, -0.05) is 23.7 Å². The van der Waals surface area contributed by atoms with Crippen molar-refractivity contribution in [2.45, 2.75) is 38.1 Å². The lowest BCUT2D eigenvalue weighted by Gasteiger charge is -2.14. The number of ether oxygens (including phenoxy) is 3. The van der Waals surface area contributed by atoms with E-state index >= 15 is 0 Å². The van der Waals surface area contributed by atoms with Crippen molar-refractivity contribution in [3.63, 3.8) is 0 Å². The van der Waals surface area contributed by atoms with Gasteiger partial charge in [0.05, 0.1) is 25.1 Å². The molecular weight excluding hydrogens is 506 g/mol. The van der Waals surface area contributed by atoms with Crippen molar-refractivity contribution in [2.75, 3.05) is 13.2 Å². The average Bonchev–Trinajstić information content (AvgIpc) is 3.17. The molecule has 0 aliphatic carbocycles. The number of rotatable bonds is 12. The van der Waals surface area contributed by atoms with Crippen LogP contribution in [0.5, 0.6) is 5.75 Å². The Hall–Kier alpha value is -4.04. The molecule has 14 nitrogen and oxygen atoms in total. The Balaban J connectivity index is 1.55. The molecule has 1 aromatic heterocycles. The van der Waals surface area contributed by atoms with Gasteiger partial charge in [0.15, 0.2) is 11.9 Å². The summed E-state index contributed by atoms with van der Waals surface area (Å²) in [5.74, 6) is -1.47. The molecule has 3 rings (SSSR count). The summed E-state index contributed by atoms with van der Waals surface area (Å²) in [5.41, 5.74) is 2.22. The molecule has 0 fully saturated rings. The molecule has 0 bridgehead atoms. The maximum absolute atomic E-state index is 12.4. The minimum atomic E-state index is -1.52. The standard InChI is InChI=1S/C21H20ClN3O11/c1-12-20-16(21(34-12)13-2-4-14(22)5-3-13)8-23-9-17(20)35-19(27)7-6-18(26)32-10-15(36-25(30)31)11-33-24(28)29/h2-5,8-9,12,15,21H,6-7,10-11H2,1H3/t12-,15?,21?/m0/s1. The lowest BCUT2D eigenvalue weighted by atomic mass is 9.99. The van der Waals surface area contributed by atoms with Gasteiger partial charge in [0.2, 0.25) is 0 Å². The Kier molecular flexibility index (Phi) is 8.91. The molecule has 0 saturated carbocycles. The molecule has 0 radical (unpaired) electrons. The van der Waals surface area contributed by atoms with Gasteiger partial charge in [-0.05, 0) is 24.6 Å². The predicted molar refractivity (Wildman–Crippen MR) is 118 cm³/mol. The number of halogens is 1. The van der Waals surface area contributed by atoms with Crippen LogP contribution in [0.3, 0.4) is 0 Å². The van der Waals surface area contributed by atoms with Gasteiger partial charge < -0.3 is 23.9 Å². The van der Waals surface area contributed by atoms with Crippen molar-refractivity contribution in [1.82, 2.24) is 4.98 Å². The first-order valence-electron chi connectivity index (χ1n) is 10.5. The van der Waals surface area contributed by atoms with Crippen LogP contribution in [0.4, 0.5) is 0 Å². The Morgan fingerprint density at radius 3 is 2.44 bits per heavy atom. The van der Waals surface area contributed by atoms with Gasteiger partial charge in [0, 0.05) is 22.3 Å². The highest BCUT2D eigenvalue weighted by molar-refractivity contribution is 6.30. The Bertz CT molecular complexity index is 1130. The first-order valence-corrected chi connectivity index (χ1v) is 10.8. The fourth-order valence-corrected chi connectivity index (χ4v) is 3.57. The molecule has 2 unspecified atom stereocenters. The minimum Gasteiger partial charge on any atom is -0.463 e. The molecule has 0 saturated heterocycles. The Morgan fingerprint density at radius 2 is 1.78 bits per heavy atom. The number of nitrogens with zero attached hydrogens (tertiary/aromatic N) is 3. The van der Waals surface area contributed by atoms with Gasteiger partial charge in [-0.25, -0.2) is 0 Å². The van der Waals surface area contributed by atoms with Crippen molar-refractivity contribution in [1.29, 1.82) is 0 Å². The van der Waals surface area contributed by atoms with Crippen molar-refractivity contribution in [3.05, 3.63) is 78.6 Å². The van der Waals surface area contributed by atoms with Gasteiger partial charge >= 0.3 is 11.9 Å². The number of benzene rings is 1. The van der Waals surface area contributed by atoms with E-state index in [1.54, 1.807) is 25.3 Å². The van der Waals surface area contributed by atoms with E-state index in [2.05, 4.69) is 14.7 Å². The van der Waals surface area contributed by atoms with Crippen LogP contribution in [-0.4, -0.2) is 46.4 Å². The van der Waals surface area contributed by atoms with E-state index in [1.807, 2.05) is 12.1 Å². The molecule has 0 amide bonds. The van der Waals surface area contributed by atoms with E-state index in [-0.39, 0.29) is 12.2 Å². The number of esters is 2. The third kappa shape index (κ3) is 7.23. The molecule has 3 atom stereocenters. The van der Waals surface area contributed by atoms with Crippen LogP contribution in [-0.2, 0) is 28.7 Å². The summed E-state index contributed by atoms with van der Waals surface area (Å²) in [7, 11) is 0. The van der Waals surface area contributed by atoms with Crippen LogP contribution >= 0.6 is 11.6 Å². The maximum Gasteiger partial charge on any atom is 0.311 e. The zero-order valence-corrected chi connectivity index (χ0v) is 19.5. The molecule has 0 spiro atoms. The molecule has 1 aromatic carbocycles. The van der Waals surface area contributed by atoms with Gasteiger partial charge in [-0.3, -0.25) is 14.6 Å². The third-order valence-electron chi connectivity index (χ3n) is 4.97. The molecule has 1 aliphatic heterocycles. The monoisotopic (exact) mass is 525 g/mol. The molecular formula is C21H20ClN3O11. The van der Waals surface area contributed by atoms with Crippen LogP contribution < -0.4 is 4.74 Å². The third-order valence-corrected chi connectivity index (χ3v) is 5.22. The Morgan fingerprint density at radius 1 is 1.08 bits per heavy atom. The van der Waals surface area contributed by atoms with Crippen LogP contribution in [0.25, 0.3) is 0 Å². The number of carbonyl (C=O) groups is 2. The first-order chi connectivity index (χ1) is 17.1. The van der Waals surface area contributed by atoms with E-state index in [0.717, 1.165) is 11.1 Å². The fourth-order valence-electron chi connectivity index (χ4n) is 3.44. The summed E-state index contributed by atoms with van der Waals surface area (Å²) in [4.78, 5) is 57.2. The highest BCUT2D eigenvalue weighted by atomic mass is 35.5. The number of pyridine rings is 1. The van der Waals surface area contributed by atoms with Crippen LogP contribution in [0.1, 0.15) is 48.7 Å². The van der Waals surface area contributed by atoms with Gasteiger partial charge in [-0.15, -0.1) is 20.2 Å². The smallest absolute Gasteiger partial charge is 0.311 e. The molecule has 0 N–H and O–H groups in total. The normalized spacial score (nSPS) is 16.9. The number of carbonyl (C=O) groups excluding carboxylic acids is 2. The second-order valence-electron chi connectivity index (χ2n) is 7.48. The number of hydrogen-bond donors (Lipinski definition) is 0. The lowest BCUT2D eigenvalue weighted by Crippen LogP contribution is -2.30. The van der Waals surface area contributed by atoms with Crippen molar-refractivity contribution in [3.8, 4) is 5.75 Å². The second-order valence-corrected chi connectivity index (χ2v) is 7.91. The Labute approximate surface area is 208 Å². The average molecular weight is 526 g/mol. The SMILES string of the molecule is C[C@@H]1OC(c2ccc(Cl)cc2)c2cncc(OC(=O)CCC(=O)OCC(CO[N+](=O)[O-])O[N+](=O)[O-])c21. The van der Waals surface area contributed by atoms with Crippen molar-refractivity contribution in [2.24, 2.45) is 0 Å². The maximum atomic E-state index is 12.4. The van der Waals surface area contributed by atoms with Crippen LogP contribution in [0, 0.1) is 20.2 Å². The minimum absolute atomic E-state index is 0.186. The lowest BCUT2D eigenvalue weighted by molar-refractivity contribution is -0.790. The second kappa shape index (κ2) is 12.1. The summed E-state index contributed by atoms with van der Waals surface area (Å²) >= 11 is 5.96. The van der Waals surface area contributed by atoms with Crippen LogP contribution in [0.15, 0.2) is 36.7 Å². The summed E-state index contributed by atoms with van der Waals surface area (Å²) in [6.07, 6.45) is -0.146. The molecule has 192 valence electrons. The van der Waals surface area contributed by atoms with Gasteiger partial charge in [0.1, 0.15) is 19.3 Å². The molecule has 36 heavy (non-hydrogen) atoms. The molecule has 1 aliphatic rings. The summed E-state index contributed by atoms with van der Waals surface area (Å²) in [6.45, 7) is 0.280. The largest absolute Gasteiger partial charge is 0.463 e. The fraction of sp³-hybridized carbons (Fsp3) is 0.381. The van der Waals surface area contributed by atoms with E-state index < -0.39 is 60.1 Å². The van der Waals surface area contributed by atoms with Gasteiger partial charge in [0.25, 0.3) is 10.2 Å². The predicted octanol–water partition coefficient (Wildman–Crippen LogP) is 2.93. The zero-order chi connectivity index (χ0) is 26.2. The highest BCUT2D eigenvalue weighted by Crippen LogP contribution is 2.46. The quantitative estimate of drug-likeness (QED) is 0.225. The van der Waals surface area contributed by atoms with Crippen molar-refractivity contribution >= 4 is 23.5 Å².